The zero-order valence-electron chi connectivity index (χ0n) is 25.7. The third kappa shape index (κ3) is 10.9. The molecule has 0 spiro atoms. The molecule has 46 heavy (non-hydrogen) atoms. The Bertz CT molecular complexity index is 1670. The van der Waals surface area contributed by atoms with Crippen LogP contribution in [0.4, 0.5) is 0 Å². The van der Waals surface area contributed by atoms with E-state index in [1.165, 1.54) is 0 Å². The normalized spacial score (nSPS) is 13.7. The highest BCUT2D eigenvalue weighted by molar-refractivity contribution is 7.86. The summed E-state index contributed by atoms with van der Waals surface area (Å²) in [5.41, 5.74) is 4.54. The molecule has 9 nitrogen and oxygen atoms in total. The summed E-state index contributed by atoms with van der Waals surface area (Å²) in [7, 11) is -12.9. The van der Waals surface area contributed by atoms with E-state index in [0.717, 1.165) is 44.5 Å². The molecule has 0 aliphatic heterocycles. The molecular weight excluding hydrogens is 647 g/mol. The lowest BCUT2D eigenvalue weighted by Gasteiger charge is -2.11. The third-order valence-corrected chi connectivity index (χ3v) is 10.7. The standard InChI is InChI=1S/C34H37O9PS2/c1-25-9-17-29(18-10-25)31-21-13-27(14-22-31)5-3-7-33(45(36,37)38)42-44(35)43-34(46(39,40)41)8-4-6-28-15-23-32(24-16-28)30-19-11-26(2)12-20-30/h9-24,33-34H,3-8H2,1-2H3,(H-,36,37,38,39,40,41)/p+1. The second kappa shape index (κ2) is 16.0. The van der Waals surface area contributed by atoms with Crippen molar-refractivity contribution in [3.05, 3.63) is 119 Å². The van der Waals surface area contributed by atoms with Crippen LogP contribution in [-0.2, 0) is 46.7 Å². The highest BCUT2D eigenvalue weighted by atomic mass is 32.2. The zero-order chi connectivity index (χ0) is 33.3. The van der Waals surface area contributed by atoms with Gasteiger partial charge in [0.25, 0.3) is 20.2 Å². The monoisotopic (exact) mass is 685 g/mol. The van der Waals surface area contributed by atoms with Crippen molar-refractivity contribution in [2.45, 2.75) is 63.2 Å². The van der Waals surface area contributed by atoms with E-state index in [0.29, 0.717) is 12.8 Å². The molecule has 0 saturated heterocycles. The first-order chi connectivity index (χ1) is 21.8. The van der Waals surface area contributed by atoms with Crippen LogP contribution in [0, 0.1) is 13.8 Å². The van der Waals surface area contributed by atoms with Gasteiger partial charge in [0.2, 0.25) is 10.9 Å². The Morgan fingerprint density at radius 2 is 0.826 bits per heavy atom. The molecule has 12 heteroatoms. The minimum absolute atomic E-state index is 0.224. The van der Waals surface area contributed by atoms with Crippen LogP contribution in [0.15, 0.2) is 97.1 Å². The SMILES string of the molecule is Cc1ccc(-c2ccc(CCCC(O[P+](=O)OC(CCCc3ccc(-c4ccc(C)cc4)cc3)S(=O)(=O)O)S(=O)(=O)O)cc2)cc1. The van der Waals surface area contributed by atoms with Gasteiger partial charge in [0.15, 0.2) is 0 Å². The van der Waals surface area contributed by atoms with E-state index in [4.69, 9.17) is 9.05 Å². The van der Waals surface area contributed by atoms with Crippen molar-refractivity contribution in [1.82, 2.24) is 0 Å². The summed E-state index contributed by atoms with van der Waals surface area (Å²) >= 11 is 0. The van der Waals surface area contributed by atoms with Gasteiger partial charge in [-0.1, -0.05) is 117 Å². The first kappa shape index (κ1) is 35.6. The minimum atomic E-state index is -4.81. The van der Waals surface area contributed by atoms with E-state index in [9.17, 15) is 30.5 Å². The van der Waals surface area contributed by atoms with Crippen LogP contribution in [0.1, 0.15) is 47.9 Å². The van der Waals surface area contributed by atoms with Gasteiger partial charge < -0.3 is 0 Å². The van der Waals surface area contributed by atoms with Gasteiger partial charge in [0.1, 0.15) is 0 Å². The maximum atomic E-state index is 12.6. The molecule has 0 aromatic heterocycles. The molecule has 244 valence electrons. The Morgan fingerprint density at radius 3 is 1.11 bits per heavy atom. The lowest BCUT2D eigenvalue weighted by Crippen LogP contribution is -2.25. The second-order valence-corrected chi connectivity index (χ2v) is 15.2. The average Bonchev–Trinajstić information content (AvgIpc) is 3.01. The molecule has 2 unspecified atom stereocenters. The summed E-state index contributed by atoms with van der Waals surface area (Å²) < 4.78 is 89.6. The van der Waals surface area contributed by atoms with Crippen LogP contribution < -0.4 is 0 Å². The molecule has 2 N–H and O–H groups in total. The highest BCUT2D eigenvalue weighted by Gasteiger charge is 2.41. The Balaban J connectivity index is 1.28. The molecule has 0 amide bonds. The van der Waals surface area contributed by atoms with Gasteiger partial charge >= 0.3 is 8.25 Å². The summed E-state index contributed by atoms with van der Waals surface area (Å²) in [5, 5.41) is 0. The van der Waals surface area contributed by atoms with Crippen LogP contribution in [0.2, 0.25) is 0 Å². The van der Waals surface area contributed by atoms with Crippen molar-refractivity contribution in [3.63, 3.8) is 0 Å². The molecule has 4 aromatic carbocycles. The first-order valence-corrected chi connectivity index (χ1v) is 18.9. The largest absolute Gasteiger partial charge is 0.700 e. The van der Waals surface area contributed by atoms with E-state index in [-0.39, 0.29) is 25.7 Å². The van der Waals surface area contributed by atoms with E-state index in [1.807, 2.05) is 111 Å². The van der Waals surface area contributed by atoms with Crippen molar-refractivity contribution >= 4 is 28.5 Å². The predicted molar refractivity (Wildman–Crippen MR) is 180 cm³/mol. The molecular formula is C34H38O9PS2+. The summed E-state index contributed by atoms with van der Waals surface area (Å²) in [4.78, 5) is 0. The Hall–Kier alpha value is -3.28. The Morgan fingerprint density at radius 1 is 0.543 bits per heavy atom. The summed E-state index contributed by atoms with van der Waals surface area (Å²) in [6.07, 6.45) is 0.946. The molecule has 4 rings (SSSR count). The number of rotatable bonds is 16. The maximum Gasteiger partial charge on any atom is 0.700 e. The Labute approximate surface area is 272 Å². The number of hydrogen-bond donors (Lipinski definition) is 2. The lowest BCUT2D eigenvalue weighted by atomic mass is 10.0. The van der Waals surface area contributed by atoms with Gasteiger partial charge in [-0.05, 0) is 85.8 Å². The van der Waals surface area contributed by atoms with Crippen molar-refractivity contribution in [2.75, 3.05) is 0 Å². The van der Waals surface area contributed by atoms with Crippen molar-refractivity contribution < 1.29 is 39.6 Å². The van der Waals surface area contributed by atoms with Gasteiger partial charge in [-0.15, -0.1) is 0 Å². The van der Waals surface area contributed by atoms with Crippen LogP contribution in [0.25, 0.3) is 22.3 Å². The average molecular weight is 686 g/mol. The Kier molecular flexibility index (Phi) is 12.4. The molecule has 4 aromatic rings. The van der Waals surface area contributed by atoms with Gasteiger partial charge in [0, 0.05) is 4.57 Å². The summed E-state index contributed by atoms with van der Waals surface area (Å²) in [6.45, 7) is 4.03. The third-order valence-electron chi connectivity index (χ3n) is 7.56. The van der Waals surface area contributed by atoms with E-state index < -0.39 is 39.4 Å². The van der Waals surface area contributed by atoms with Gasteiger partial charge in [0.05, 0.1) is 0 Å². The molecule has 0 radical (unpaired) electrons. The van der Waals surface area contributed by atoms with E-state index in [2.05, 4.69) is 0 Å². The molecule has 0 fully saturated rings. The molecule has 0 saturated carbocycles. The molecule has 0 aliphatic carbocycles. The molecule has 2 atom stereocenters. The summed E-state index contributed by atoms with van der Waals surface area (Å²) in [5.74, 6) is 0. The maximum absolute atomic E-state index is 12.6. The van der Waals surface area contributed by atoms with E-state index >= 15 is 0 Å². The van der Waals surface area contributed by atoms with Crippen LogP contribution in [-0.4, -0.2) is 36.8 Å². The van der Waals surface area contributed by atoms with Crippen molar-refractivity contribution in [3.8, 4) is 22.3 Å². The van der Waals surface area contributed by atoms with Gasteiger partial charge in [-0.3, -0.25) is 9.11 Å². The molecule has 0 heterocycles. The topological polar surface area (TPSA) is 144 Å². The quantitative estimate of drug-likeness (QED) is 0.0883. The van der Waals surface area contributed by atoms with Gasteiger partial charge in [-0.2, -0.15) is 16.8 Å². The molecule has 0 bridgehead atoms. The predicted octanol–water partition coefficient (Wildman–Crippen LogP) is 8.10. The molecule has 0 aliphatic rings. The highest BCUT2D eigenvalue weighted by Crippen LogP contribution is 2.34. The number of hydrogen-bond acceptors (Lipinski definition) is 7. The van der Waals surface area contributed by atoms with Crippen molar-refractivity contribution in [2.24, 2.45) is 0 Å². The summed E-state index contributed by atoms with van der Waals surface area (Å²) in [6, 6.07) is 31.7. The zero-order valence-corrected chi connectivity index (χ0v) is 28.2. The van der Waals surface area contributed by atoms with Crippen LogP contribution in [0.5, 0.6) is 0 Å². The fourth-order valence-electron chi connectivity index (χ4n) is 4.89. The van der Waals surface area contributed by atoms with Crippen molar-refractivity contribution in [1.29, 1.82) is 0 Å². The van der Waals surface area contributed by atoms with Crippen LogP contribution >= 0.6 is 8.25 Å². The fraction of sp³-hybridized carbons (Fsp3) is 0.294. The smallest absolute Gasteiger partial charge is 0.283 e. The minimum Gasteiger partial charge on any atom is -0.283 e. The fourth-order valence-corrected chi connectivity index (χ4v) is 7.76. The van der Waals surface area contributed by atoms with Crippen LogP contribution in [0.3, 0.4) is 0 Å². The number of benzene rings is 4. The number of aryl methyl sites for hydroxylation is 4. The second-order valence-electron chi connectivity index (χ2n) is 11.2. The lowest BCUT2D eigenvalue weighted by molar-refractivity contribution is 0.170. The first-order valence-electron chi connectivity index (χ1n) is 14.8. The van der Waals surface area contributed by atoms with E-state index in [1.54, 1.807) is 0 Å². The van der Waals surface area contributed by atoms with Gasteiger partial charge in [-0.25, -0.2) is 0 Å².